The van der Waals surface area contributed by atoms with E-state index in [0.29, 0.717) is 18.1 Å². The minimum Gasteiger partial charge on any atom is -0.361 e. The largest absolute Gasteiger partial charge is 0.361 e. The molecule has 1 aromatic rings. The number of aryl methyl sites for hydroxylation is 2. The van der Waals surface area contributed by atoms with Crippen LogP contribution in [0.15, 0.2) is 33.3 Å². The van der Waals surface area contributed by atoms with Crippen molar-refractivity contribution < 1.29 is 9.26 Å². The molecule has 20 heavy (non-hydrogen) atoms. The Morgan fingerprint density at radius 2 is 2.35 bits per heavy atom. The molecule has 0 fully saturated rings. The summed E-state index contributed by atoms with van der Waals surface area (Å²) in [5, 5.41) is 13.8. The van der Waals surface area contributed by atoms with Gasteiger partial charge >= 0.3 is 0 Å². The Morgan fingerprint density at radius 1 is 1.55 bits per heavy atom. The average molecular weight is 293 g/mol. The first-order valence-electron chi connectivity index (χ1n) is 6.56. The Bertz CT molecular complexity index is 583. The standard InChI is InChI=1S/C15H17ClN2O2/c1-11-6-13(16)9-15(8-11,10-17)19-5-3-4-14-7-12(2)18-20-14/h6-8H,3-5,9H2,1-2H3. The molecular weight excluding hydrogens is 276 g/mol. The smallest absolute Gasteiger partial charge is 0.178 e. The topological polar surface area (TPSA) is 59.0 Å². The molecule has 0 saturated heterocycles. The number of nitriles is 1. The second-order valence-electron chi connectivity index (χ2n) is 5.04. The average Bonchev–Trinajstić information content (AvgIpc) is 2.79. The summed E-state index contributed by atoms with van der Waals surface area (Å²) in [6, 6.07) is 4.13. The van der Waals surface area contributed by atoms with Crippen LogP contribution in [-0.4, -0.2) is 17.4 Å². The molecular formula is C15H17ClN2O2. The van der Waals surface area contributed by atoms with Crippen LogP contribution < -0.4 is 0 Å². The lowest BCUT2D eigenvalue weighted by Gasteiger charge is -2.26. The molecule has 1 unspecified atom stereocenters. The maximum Gasteiger partial charge on any atom is 0.178 e. The Balaban J connectivity index is 1.86. The molecule has 1 aliphatic carbocycles. The second kappa shape index (κ2) is 6.25. The van der Waals surface area contributed by atoms with E-state index in [1.807, 2.05) is 32.1 Å². The van der Waals surface area contributed by atoms with Gasteiger partial charge in [0.25, 0.3) is 0 Å². The Labute approximate surface area is 123 Å². The number of ether oxygens (including phenoxy) is 1. The van der Waals surface area contributed by atoms with Crippen LogP contribution in [0.25, 0.3) is 0 Å². The first-order chi connectivity index (χ1) is 9.53. The number of allylic oxidation sites excluding steroid dienone is 2. The van der Waals surface area contributed by atoms with Gasteiger partial charge in [-0.25, -0.2) is 0 Å². The molecule has 0 N–H and O–H groups in total. The molecule has 0 radical (unpaired) electrons. The summed E-state index contributed by atoms with van der Waals surface area (Å²) in [7, 11) is 0. The summed E-state index contributed by atoms with van der Waals surface area (Å²) in [4.78, 5) is 0. The molecule has 0 amide bonds. The molecule has 1 aromatic heterocycles. The monoisotopic (exact) mass is 292 g/mol. The van der Waals surface area contributed by atoms with Crippen molar-refractivity contribution in [2.45, 2.75) is 38.7 Å². The number of rotatable bonds is 5. The van der Waals surface area contributed by atoms with E-state index < -0.39 is 5.60 Å². The van der Waals surface area contributed by atoms with Gasteiger partial charge in [0.15, 0.2) is 5.60 Å². The molecule has 1 aliphatic rings. The quantitative estimate of drug-likeness (QED) is 0.777. The summed E-state index contributed by atoms with van der Waals surface area (Å²) in [5.74, 6) is 0.838. The number of nitrogens with zero attached hydrogens (tertiary/aromatic N) is 2. The predicted octanol–water partition coefficient (Wildman–Crippen LogP) is 3.67. The summed E-state index contributed by atoms with van der Waals surface area (Å²) < 4.78 is 10.9. The summed E-state index contributed by atoms with van der Waals surface area (Å²) >= 11 is 6.05. The van der Waals surface area contributed by atoms with Crippen LogP contribution in [0.2, 0.25) is 0 Å². The van der Waals surface area contributed by atoms with Gasteiger partial charge in [0.05, 0.1) is 5.69 Å². The third-order valence-electron chi connectivity index (χ3n) is 3.07. The summed E-state index contributed by atoms with van der Waals surface area (Å²) in [6.07, 6.45) is 5.61. The molecule has 0 saturated carbocycles. The van der Waals surface area contributed by atoms with E-state index in [2.05, 4.69) is 11.2 Å². The van der Waals surface area contributed by atoms with Crippen molar-refractivity contribution in [3.63, 3.8) is 0 Å². The molecule has 1 atom stereocenters. The zero-order chi connectivity index (χ0) is 14.6. The minimum absolute atomic E-state index is 0.407. The van der Waals surface area contributed by atoms with Gasteiger partial charge in [-0.2, -0.15) is 5.26 Å². The third kappa shape index (κ3) is 3.72. The molecule has 0 spiro atoms. The third-order valence-corrected chi connectivity index (χ3v) is 3.31. The fourth-order valence-corrected chi connectivity index (χ4v) is 2.61. The molecule has 106 valence electrons. The fourth-order valence-electron chi connectivity index (χ4n) is 2.24. The fraction of sp³-hybridized carbons (Fsp3) is 0.467. The van der Waals surface area contributed by atoms with Crippen LogP contribution in [-0.2, 0) is 11.2 Å². The van der Waals surface area contributed by atoms with Crippen molar-refractivity contribution in [1.29, 1.82) is 5.26 Å². The zero-order valence-electron chi connectivity index (χ0n) is 11.6. The second-order valence-corrected chi connectivity index (χ2v) is 5.53. The van der Waals surface area contributed by atoms with Gasteiger partial charge in [0, 0.05) is 30.5 Å². The van der Waals surface area contributed by atoms with Gasteiger partial charge in [-0.05, 0) is 32.4 Å². The molecule has 0 aromatic carbocycles. The van der Waals surface area contributed by atoms with Crippen molar-refractivity contribution in [3.05, 3.63) is 40.3 Å². The highest BCUT2D eigenvalue weighted by Gasteiger charge is 2.31. The predicted molar refractivity (Wildman–Crippen MR) is 76.2 cm³/mol. The van der Waals surface area contributed by atoms with E-state index >= 15 is 0 Å². The lowest BCUT2D eigenvalue weighted by Crippen LogP contribution is -2.31. The lowest BCUT2D eigenvalue weighted by molar-refractivity contribution is 0.0313. The summed E-state index contributed by atoms with van der Waals surface area (Å²) in [5.41, 5.74) is 0.888. The maximum atomic E-state index is 9.36. The van der Waals surface area contributed by atoms with Crippen molar-refractivity contribution in [3.8, 4) is 6.07 Å². The number of hydrogen-bond donors (Lipinski definition) is 0. The van der Waals surface area contributed by atoms with Crippen LogP contribution in [0.3, 0.4) is 0 Å². The highest BCUT2D eigenvalue weighted by molar-refractivity contribution is 6.30. The van der Waals surface area contributed by atoms with Crippen LogP contribution in [0, 0.1) is 18.3 Å². The molecule has 1 heterocycles. The lowest BCUT2D eigenvalue weighted by atomic mass is 9.93. The van der Waals surface area contributed by atoms with Gasteiger partial charge in [0.2, 0.25) is 0 Å². The highest BCUT2D eigenvalue weighted by atomic mass is 35.5. The number of hydrogen-bond acceptors (Lipinski definition) is 4. The molecule has 0 aliphatic heterocycles. The van der Waals surface area contributed by atoms with E-state index in [4.69, 9.17) is 20.9 Å². The summed E-state index contributed by atoms with van der Waals surface area (Å²) in [6.45, 7) is 4.27. The normalized spacial score (nSPS) is 22.1. The van der Waals surface area contributed by atoms with E-state index in [1.54, 1.807) is 0 Å². The minimum atomic E-state index is -0.937. The van der Waals surface area contributed by atoms with E-state index in [-0.39, 0.29) is 0 Å². The van der Waals surface area contributed by atoms with Crippen LogP contribution in [0.5, 0.6) is 0 Å². The Hall–Kier alpha value is -1.57. The number of aromatic nitrogens is 1. The molecule has 4 nitrogen and oxygen atoms in total. The Morgan fingerprint density at radius 3 is 2.95 bits per heavy atom. The first-order valence-corrected chi connectivity index (χ1v) is 6.94. The van der Waals surface area contributed by atoms with Crippen LogP contribution in [0.1, 0.15) is 31.2 Å². The van der Waals surface area contributed by atoms with Gasteiger partial charge in [-0.15, -0.1) is 0 Å². The SMILES string of the molecule is CC1=CC(C#N)(OCCCc2cc(C)no2)CC(Cl)=C1. The molecule has 0 bridgehead atoms. The van der Waals surface area contributed by atoms with E-state index in [9.17, 15) is 5.26 Å². The molecule has 5 heteroatoms. The maximum absolute atomic E-state index is 9.36. The Kier molecular flexibility index (Phi) is 4.64. The van der Waals surface area contributed by atoms with Crippen molar-refractivity contribution in [2.24, 2.45) is 0 Å². The van der Waals surface area contributed by atoms with Crippen molar-refractivity contribution >= 4 is 11.6 Å². The van der Waals surface area contributed by atoms with Crippen molar-refractivity contribution in [1.82, 2.24) is 5.16 Å². The highest BCUT2D eigenvalue weighted by Crippen LogP contribution is 2.31. The molecule has 2 rings (SSSR count). The van der Waals surface area contributed by atoms with Gasteiger partial charge < -0.3 is 9.26 Å². The first kappa shape index (κ1) is 14.8. The van der Waals surface area contributed by atoms with Crippen molar-refractivity contribution in [2.75, 3.05) is 6.61 Å². The zero-order valence-corrected chi connectivity index (χ0v) is 12.4. The van der Waals surface area contributed by atoms with Gasteiger partial charge in [-0.3, -0.25) is 0 Å². The van der Waals surface area contributed by atoms with Crippen LogP contribution in [0.4, 0.5) is 0 Å². The van der Waals surface area contributed by atoms with Gasteiger partial charge in [0.1, 0.15) is 11.8 Å². The van der Waals surface area contributed by atoms with Gasteiger partial charge in [-0.1, -0.05) is 22.3 Å². The van der Waals surface area contributed by atoms with E-state index in [0.717, 1.165) is 29.9 Å². The van der Waals surface area contributed by atoms with Crippen LogP contribution >= 0.6 is 11.6 Å². The number of halogens is 1. The van der Waals surface area contributed by atoms with E-state index in [1.165, 1.54) is 0 Å².